The normalized spacial score (nSPS) is 23.9. The number of benzene rings is 1. The Balaban J connectivity index is 1.29. The maximum Gasteiger partial charge on any atom is 0.312 e. The molecule has 29 heavy (non-hydrogen) atoms. The first-order chi connectivity index (χ1) is 14.0. The van der Waals surface area contributed by atoms with Crippen LogP contribution in [0.2, 0.25) is 0 Å². The smallest absolute Gasteiger partial charge is 0.312 e. The lowest BCUT2D eigenvalue weighted by molar-refractivity contribution is -0.384. The van der Waals surface area contributed by atoms with Gasteiger partial charge in [0.15, 0.2) is 0 Å². The van der Waals surface area contributed by atoms with Gasteiger partial charge in [-0.2, -0.15) is 0 Å². The van der Waals surface area contributed by atoms with E-state index in [1.807, 2.05) is 0 Å². The number of cyclic esters (lactones) is 1. The number of ether oxygens (including phenoxy) is 1. The Kier molecular flexibility index (Phi) is 5.41. The molecule has 0 N–H and O–H groups in total. The summed E-state index contributed by atoms with van der Waals surface area (Å²) in [7, 11) is 0. The van der Waals surface area contributed by atoms with Gasteiger partial charge in [-0.25, -0.2) is 4.85 Å². The Hall–Kier alpha value is -2.66. The molecule has 0 aromatic heterocycles. The van der Waals surface area contributed by atoms with Crippen LogP contribution in [-0.4, -0.2) is 54.6 Å². The van der Waals surface area contributed by atoms with Crippen LogP contribution < -0.4 is 4.90 Å². The number of carbonyl (C=O) groups is 1. The van der Waals surface area contributed by atoms with Crippen LogP contribution >= 0.6 is 0 Å². The summed E-state index contributed by atoms with van der Waals surface area (Å²) in [4.78, 5) is 30.7. The van der Waals surface area contributed by atoms with Crippen molar-refractivity contribution in [2.45, 2.75) is 44.6 Å². The maximum absolute atomic E-state index is 12.3. The molecule has 4 rings (SSSR count). The third-order valence-electron chi connectivity index (χ3n) is 6.66. The molecule has 2 heterocycles. The highest BCUT2D eigenvalue weighted by Crippen LogP contribution is 2.48. The molecule has 1 aromatic carbocycles. The standard InChI is InChI=1S/C21H26N4O4/c1-22-18-14-16(25(27)28)4-5-19(18)24-12-10-23(11-13-24)9-6-17-15-21(20(26)29-17)7-2-3-8-21/h4-5,14,17H,2-3,6-13,15H2. The van der Waals surface area contributed by atoms with E-state index in [1.165, 1.54) is 12.1 Å². The fourth-order valence-corrected chi connectivity index (χ4v) is 4.98. The van der Waals surface area contributed by atoms with Crippen molar-refractivity contribution in [1.29, 1.82) is 0 Å². The molecule has 1 aliphatic carbocycles. The van der Waals surface area contributed by atoms with Gasteiger partial charge in [0.1, 0.15) is 6.10 Å². The van der Waals surface area contributed by atoms with Gasteiger partial charge in [-0.1, -0.05) is 12.8 Å². The van der Waals surface area contributed by atoms with Crippen molar-refractivity contribution in [2.24, 2.45) is 5.41 Å². The molecule has 0 radical (unpaired) electrons. The van der Waals surface area contributed by atoms with Gasteiger partial charge in [0.2, 0.25) is 5.69 Å². The molecule has 2 aliphatic heterocycles. The molecule has 0 bridgehead atoms. The molecule has 3 fully saturated rings. The topological polar surface area (TPSA) is 80.3 Å². The third kappa shape index (κ3) is 3.92. The minimum atomic E-state index is -0.470. The van der Waals surface area contributed by atoms with Crippen molar-refractivity contribution in [2.75, 3.05) is 37.6 Å². The number of nitro groups is 1. The highest BCUT2D eigenvalue weighted by Gasteiger charge is 2.50. The van der Waals surface area contributed by atoms with E-state index in [9.17, 15) is 14.9 Å². The predicted molar refractivity (Wildman–Crippen MR) is 108 cm³/mol. The molecule has 0 amide bonds. The molecule has 1 saturated carbocycles. The van der Waals surface area contributed by atoms with Crippen LogP contribution in [0.5, 0.6) is 0 Å². The highest BCUT2D eigenvalue weighted by atomic mass is 16.6. The second-order valence-electron chi connectivity index (χ2n) is 8.38. The van der Waals surface area contributed by atoms with E-state index in [0.717, 1.165) is 76.9 Å². The number of non-ortho nitro benzene ring substituents is 1. The molecular weight excluding hydrogens is 372 g/mol. The van der Waals surface area contributed by atoms with Crippen LogP contribution in [0.3, 0.4) is 0 Å². The summed E-state index contributed by atoms with van der Waals surface area (Å²) in [6.45, 7) is 11.5. The molecule has 1 aromatic rings. The van der Waals surface area contributed by atoms with Gasteiger partial charge in [-0.05, 0) is 25.3 Å². The zero-order chi connectivity index (χ0) is 20.4. The lowest BCUT2D eigenvalue weighted by atomic mass is 9.83. The van der Waals surface area contributed by atoms with Crippen molar-refractivity contribution in [3.8, 4) is 0 Å². The van der Waals surface area contributed by atoms with E-state index in [2.05, 4.69) is 14.6 Å². The lowest BCUT2D eigenvalue weighted by Crippen LogP contribution is -2.47. The maximum atomic E-state index is 12.3. The fourth-order valence-electron chi connectivity index (χ4n) is 4.98. The van der Waals surface area contributed by atoms with Gasteiger partial charge in [0.05, 0.1) is 16.9 Å². The van der Waals surface area contributed by atoms with Crippen LogP contribution in [0.1, 0.15) is 38.5 Å². The predicted octanol–water partition coefficient (Wildman–Crippen LogP) is 3.53. The van der Waals surface area contributed by atoms with Crippen molar-refractivity contribution >= 4 is 23.0 Å². The zero-order valence-electron chi connectivity index (χ0n) is 16.5. The second kappa shape index (κ2) is 7.99. The first-order valence-electron chi connectivity index (χ1n) is 10.3. The minimum absolute atomic E-state index is 0.0228. The van der Waals surface area contributed by atoms with E-state index in [-0.39, 0.29) is 23.2 Å². The molecule has 3 aliphatic rings. The van der Waals surface area contributed by atoms with Crippen LogP contribution in [0.25, 0.3) is 4.85 Å². The second-order valence-corrected chi connectivity index (χ2v) is 8.38. The number of carbonyl (C=O) groups excluding carboxylic acids is 1. The Morgan fingerprint density at radius 1 is 1.24 bits per heavy atom. The Morgan fingerprint density at radius 2 is 1.97 bits per heavy atom. The van der Waals surface area contributed by atoms with Gasteiger partial charge in [-0.15, -0.1) is 0 Å². The quantitative estimate of drug-likeness (QED) is 0.327. The molecule has 154 valence electrons. The van der Waals surface area contributed by atoms with Crippen LogP contribution in [0.4, 0.5) is 17.1 Å². The average Bonchev–Trinajstić information content (AvgIpc) is 3.33. The monoisotopic (exact) mass is 398 g/mol. The van der Waals surface area contributed by atoms with Crippen molar-refractivity contribution in [3.63, 3.8) is 0 Å². The van der Waals surface area contributed by atoms with E-state index >= 15 is 0 Å². The summed E-state index contributed by atoms with van der Waals surface area (Å²) in [5, 5.41) is 10.9. The van der Waals surface area contributed by atoms with Crippen molar-refractivity contribution < 1.29 is 14.5 Å². The third-order valence-corrected chi connectivity index (χ3v) is 6.66. The summed E-state index contributed by atoms with van der Waals surface area (Å²) >= 11 is 0. The van der Waals surface area contributed by atoms with Crippen molar-refractivity contribution in [3.05, 3.63) is 39.7 Å². The summed E-state index contributed by atoms with van der Waals surface area (Å²) in [5.74, 6) is 0.0228. The van der Waals surface area contributed by atoms with Crippen LogP contribution in [0.15, 0.2) is 18.2 Å². The number of nitro benzene ring substituents is 1. The number of piperazine rings is 1. The number of anilines is 1. The lowest BCUT2D eigenvalue weighted by Gasteiger charge is -2.37. The average molecular weight is 398 g/mol. The summed E-state index contributed by atoms with van der Waals surface area (Å²) < 4.78 is 5.68. The van der Waals surface area contributed by atoms with Crippen LogP contribution in [0, 0.1) is 22.1 Å². The Bertz CT molecular complexity index is 836. The van der Waals surface area contributed by atoms with E-state index in [4.69, 9.17) is 11.3 Å². The number of esters is 1. The summed E-state index contributed by atoms with van der Waals surface area (Å²) in [6.07, 6.45) is 6.04. The molecule has 1 unspecified atom stereocenters. The molecular formula is C21H26N4O4. The number of hydrogen-bond acceptors (Lipinski definition) is 6. The molecule has 8 heteroatoms. The number of rotatable bonds is 5. The van der Waals surface area contributed by atoms with Gasteiger partial charge >= 0.3 is 5.97 Å². The Labute approximate surface area is 170 Å². The minimum Gasteiger partial charge on any atom is -0.462 e. The SMILES string of the molecule is [C-]#[N+]c1cc([N+](=O)[O-])ccc1N1CCN(CCC2CC3(CCCC3)C(=O)O2)CC1. The molecule has 1 spiro atoms. The fraction of sp³-hybridized carbons (Fsp3) is 0.619. The van der Waals surface area contributed by atoms with Gasteiger partial charge in [-0.3, -0.25) is 19.8 Å². The highest BCUT2D eigenvalue weighted by molar-refractivity contribution is 5.79. The first-order valence-corrected chi connectivity index (χ1v) is 10.3. The van der Waals surface area contributed by atoms with E-state index in [1.54, 1.807) is 6.07 Å². The van der Waals surface area contributed by atoms with Gasteiger partial charge in [0.25, 0.3) is 5.69 Å². The number of nitrogens with zero attached hydrogens (tertiary/aromatic N) is 4. The molecule has 8 nitrogen and oxygen atoms in total. The van der Waals surface area contributed by atoms with Crippen molar-refractivity contribution in [1.82, 2.24) is 4.90 Å². The summed E-state index contributed by atoms with van der Waals surface area (Å²) in [5.41, 5.74) is 0.852. The molecule has 2 saturated heterocycles. The zero-order valence-corrected chi connectivity index (χ0v) is 16.5. The van der Waals surface area contributed by atoms with E-state index in [0.29, 0.717) is 5.69 Å². The molecule has 1 atom stereocenters. The first kappa shape index (κ1) is 19.6. The largest absolute Gasteiger partial charge is 0.462 e. The number of hydrogen-bond donors (Lipinski definition) is 0. The van der Waals surface area contributed by atoms with E-state index < -0.39 is 4.92 Å². The van der Waals surface area contributed by atoms with Gasteiger partial charge < -0.3 is 9.64 Å². The van der Waals surface area contributed by atoms with Crippen LogP contribution in [-0.2, 0) is 9.53 Å². The Morgan fingerprint density at radius 3 is 2.62 bits per heavy atom. The summed E-state index contributed by atoms with van der Waals surface area (Å²) in [6, 6.07) is 4.49. The van der Waals surface area contributed by atoms with Gasteiger partial charge in [0, 0.05) is 57.0 Å².